The van der Waals surface area contributed by atoms with Crippen molar-refractivity contribution in [1.82, 2.24) is 0 Å². The first kappa shape index (κ1) is 22.3. The molecule has 158 valence electrons. The molecule has 0 aliphatic rings. The van der Waals surface area contributed by atoms with E-state index in [1.807, 2.05) is 31.2 Å². The van der Waals surface area contributed by atoms with Crippen LogP contribution in [0.3, 0.4) is 0 Å². The summed E-state index contributed by atoms with van der Waals surface area (Å²) < 4.78 is 10.6. The van der Waals surface area contributed by atoms with Gasteiger partial charge < -0.3 is 9.47 Å². The van der Waals surface area contributed by atoms with Crippen LogP contribution in [0, 0.1) is 18.3 Å². The first-order valence-electron chi connectivity index (χ1n) is 9.84. The summed E-state index contributed by atoms with van der Waals surface area (Å²) in [7, 11) is 0. The van der Waals surface area contributed by atoms with Crippen LogP contribution in [0.25, 0.3) is 17.2 Å². The fraction of sp³-hybridized carbons (Fsp3) is 0.0741. The van der Waals surface area contributed by atoms with Gasteiger partial charge in [-0.2, -0.15) is 5.26 Å². The Labute approximate surface area is 186 Å². The molecule has 0 unspecified atom stereocenters. The molecule has 5 heteroatoms. The van der Waals surface area contributed by atoms with E-state index in [-0.39, 0.29) is 0 Å². The molecule has 0 saturated heterocycles. The molecule has 0 bridgehead atoms. The summed E-state index contributed by atoms with van der Waals surface area (Å²) in [6.07, 6.45) is 2.97. The van der Waals surface area contributed by atoms with Gasteiger partial charge >= 0.3 is 11.9 Å². The third-order valence-corrected chi connectivity index (χ3v) is 4.58. The van der Waals surface area contributed by atoms with Crippen molar-refractivity contribution in [2.24, 2.45) is 0 Å². The van der Waals surface area contributed by atoms with E-state index in [1.165, 1.54) is 6.08 Å². The van der Waals surface area contributed by atoms with Crippen LogP contribution in [0.1, 0.15) is 23.6 Å². The molecule has 0 radical (unpaired) electrons. The Morgan fingerprint density at radius 1 is 0.938 bits per heavy atom. The van der Waals surface area contributed by atoms with Gasteiger partial charge in [-0.15, -0.1) is 0 Å². The van der Waals surface area contributed by atoms with E-state index in [9.17, 15) is 9.59 Å². The SMILES string of the molecule is C=C(C)C(=O)Oc1ccc(/C=C/C(=O)Oc2ccc(-c3ccc(C#N)cc3)cc2)cc1C. The average Bonchev–Trinajstić information content (AvgIpc) is 2.79. The van der Waals surface area contributed by atoms with Crippen molar-refractivity contribution in [3.63, 3.8) is 0 Å². The first-order valence-corrected chi connectivity index (χ1v) is 9.84. The monoisotopic (exact) mass is 423 g/mol. The summed E-state index contributed by atoms with van der Waals surface area (Å²) in [6.45, 7) is 6.96. The van der Waals surface area contributed by atoms with Crippen molar-refractivity contribution in [1.29, 1.82) is 5.26 Å². The van der Waals surface area contributed by atoms with Crippen molar-refractivity contribution in [3.05, 3.63) is 102 Å². The summed E-state index contributed by atoms with van der Waals surface area (Å²) in [5, 5.41) is 8.89. The molecule has 32 heavy (non-hydrogen) atoms. The predicted molar refractivity (Wildman–Crippen MR) is 123 cm³/mol. The number of carbonyl (C=O) groups is 2. The van der Waals surface area contributed by atoms with Gasteiger partial charge in [0.2, 0.25) is 0 Å². The molecule has 0 aliphatic heterocycles. The number of hydrogen-bond donors (Lipinski definition) is 0. The van der Waals surface area contributed by atoms with E-state index < -0.39 is 11.9 Å². The smallest absolute Gasteiger partial charge is 0.338 e. The van der Waals surface area contributed by atoms with Crippen LogP contribution >= 0.6 is 0 Å². The van der Waals surface area contributed by atoms with Crippen molar-refractivity contribution < 1.29 is 19.1 Å². The van der Waals surface area contributed by atoms with Crippen LogP contribution in [0.15, 0.2) is 85.0 Å². The van der Waals surface area contributed by atoms with E-state index in [2.05, 4.69) is 12.6 Å². The highest BCUT2D eigenvalue weighted by atomic mass is 16.5. The van der Waals surface area contributed by atoms with Crippen LogP contribution in [0.2, 0.25) is 0 Å². The Kier molecular flexibility index (Phi) is 6.99. The lowest BCUT2D eigenvalue weighted by Gasteiger charge is -2.08. The average molecular weight is 423 g/mol. The zero-order valence-corrected chi connectivity index (χ0v) is 17.8. The molecular formula is C27H21NO4. The molecule has 3 aromatic carbocycles. The van der Waals surface area contributed by atoms with Gasteiger partial charge in [0.15, 0.2) is 0 Å². The summed E-state index contributed by atoms with van der Waals surface area (Å²) in [5.41, 5.74) is 4.37. The highest BCUT2D eigenvalue weighted by molar-refractivity contribution is 5.90. The van der Waals surface area contributed by atoms with Gasteiger partial charge in [-0.05, 0) is 78.6 Å². The van der Waals surface area contributed by atoms with Crippen LogP contribution in [0.4, 0.5) is 0 Å². The number of benzene rings is 3. The van der Waals surface area contributed by atoms with Crippen LogP contribution in [0.5, 0.6) is 11.5 Å². The number of carbonyl (C=O) groups excluding carboxylic acids is 2. The van der Waals surface area contributed by atoms with Crippen molar-refractivity contribution in [2.75, 3.05) is 0 Å². The molecule has 5 nitrogen and oxygen atoms in total. The summed E-state index contributed by atoms with van der Waals surface area (Å²) in [5.74, 6) is -0.118. The van der Waals surface area contributed by atoms with Gasteiger partial charge in [-0.25, -0.2) is 9.59 Å². The maximum atomic E-state index is 12.2. The second kappa shape index (κ2) is 10.1. The first-order chi connectivity index (χ1) is 15.4. The Morgan fingerprint density at radius 3 is 2.12 bits per heavy atom. The Balaban J connectivity index is 1.61. The molecule has 0 spiro atoms. The minimum Gasteiger partial charge on any atom is -0.423 e. The molecule has 0 heterocycles. The maximum Gasteiger partial charge on any atom is 0.338 e. The lowest BCUT2D eigenvalue weighted by atomic mass is 10.0. The highest BCUT2D eigenvalue weighted by Gasteiger charge is 2.08. The number of aryl methyl sites for hydroxylation is 1. The molecule has 0 amide bonds. The number of rotatable bonds is 6. The van der Waals surface area contributed by atoms with Crippen molar-refractivity contribution in [3.8, 4) is 28.7 Å². The standard InChI is InChI=1S/C27H21NO4/c1-18(2)27(30)32-25-14-6-20(16-19(25)3)7-15-26(29)31-24-12-10-23(11-13-24)22-8-4-21(17-28)5-9-22/h4-16H,1H2,2-3H3/b15-7+. The fourth-order valence-electron chi connectivity index (χ4n) is 2.84. The lowest BCUT2D eigenvalue weighted by Crippen LogP contribution is -2.09. The van der Waals surface area contributed by atoms with Gasteiger partial charge in [0.25, 0.3) is 0 Å². The molecule has 0 atom stereocenters. The van der Waals surface area contributed by atoms with E-state index >= 15 is 0 Å². The van der Waals surface area contributed by atoms with Gasteiger partial charge in [-0.1, -0.05) is 36.9 Å². The quantitative estimate of drug-likeness (QED) is 0.292. The van der Waals surface area contributed by atoms with Crippen LogP contribution < -0.4 is 9.47 Å². The van der Waals surface area contributed by atoms with Gasteiger partial charge in [-0.3, -0.25) is 0 Å². The van der Waals surface area contributed by atoms with Gasteiger partial charge in [0, 0.05) is 11.6 Å². The molecule has 3 aromatic rings. The minimum absolute atomic E-state index is 0.320. The van der Waals surface area contributed by atoms with E-state index in [0.29, 0.717) is 22.6 Å². The summed E-state index contributed by atoms with van der Waals surface area (Å²) >= 11 is 0. The van der Waals surface area contributed by atoms with E-state index in [0.717, 1.165) is 22.3 Å². The van der Waals surface area contributed by atoms with Crippen molar-refractivity contribution >= 4 is 18.0 Å². The van der Waals surface area contributed by atoms with Gasteiger partial charge in [0.1, 0.15) is 11.5 Å². The number of esters is 2. The molecule has 0 aromatic heterocycles. The Hall–Kier alpha value is -4.43. The molecule has 0 fully saturated rings. The highest BCUT2D eigenvalue weighted by Crippen LogP contribution is 2.23. The minimum atomic E-state index is -0.508. The second-order valence-electron chi connectivity index (χ2n) is 7.16. The van der Waals surface area contributed by atoms with Crippen molar-refractivity contribution in [2.45, 2.75) is 13.8 Å². The topological polar surface area (TPSA) is 76.4 Å². The largest absolute Gasteiger partial charge is 0.423 e. The zero-order chi connectivity index (χ0) is 23.1. The van der Waals surface area contributed by atoms with Crippen LogP contribution in [-0.2, 0) is 9.59 Å². The molecule has 0 N–H and O–H groups in total. The maximum absolute atomic E-state index is 12.2. The number of nitriles is 1. The molecule has 0 saturated carbocycles. The summed E-state index contributed by atoms with van der Waals surface area (Å²) in [6, 6.07) is 21.7. The third-order valence-electron chi connectivity index (χ3n) is 4.58. The lowest BCUT2D eigenvalue weighted by molar-refractivity contribution is -0.130. The van der Waals surface area contributed by atoms with Crippen LogP contribution in [-0.4, -0.2) is 11.9 Å². The normalized spacial score (nSPS) is 10.4. The Morgan fingerprint density at radius 2 is 1.56 bits per heavy atom. The third kappa shape index (κ3) is 5.80. The van der Waals surface area contributed by atoms with Gasteiger partial charge in [0.05, 0.1) is 11.6 Å². The predicted octanol–water partition coefficient (Wildman–Crippen LogP) is 5.63. The number of hydrogen-bond acceptors (Lipinski definition) is 5. The zero-order valence-electron chi connectivity index (χ0n) is 17.8. The van der Waals surface area contributed by atoms with E-state index in [4.69, 9.17) is 14.7 Å². The molecule has 3 rings (SSSR count). The molecule has 0 aliphatic carbocycles. The molecular weight excluding hydrogens is 402 g/mol. The fourth-order valence-corrected chi connectivity index (χ4v) is 2.84. The Bertz CT molecular complexity index is 1230. The number of nitrogens with zero attached hydrogens (tertiary/aromatic N) is 1. The number of ether oxygens (including phenoxy) is 2. The van der Waals surface area contributed by atoms with E-state index in [1.54, 1.807) is 55.5 Å². The second-order valence-corrected chi connectivity index (χ2v) is 7.16. The summed E-state index contributed by atoms with van der Waals surface area (Å²) in [4.78, 5) is 23.8.